The van der Waals surface area contributed by atoms with Crippen LogP contribution in [0.5, 0.6) is 0 Å². The van der Waals surface area contributed by atoms with Gasteiger partial charge in [0.15, 0.2) is 0 Å². The van der Waals surface area contributed by atoms with Gasteiger partial charge in [0.05, 0.1) is 12.5 Å². The highest BCUT2D eigenvalue weighted by Gasteiger charge is 1.98. The zero-order chi connectivity index (χ0) is 18.8. The van der Waals surface area contributed by atoms with Crippen LogP contribution in [0.15, 0.2) is 73.2 Å². The van der Waals surface area contributed by atoms with Crippen molar-refractivity contribution in [1.29, 1.82) is 0 Å². The third-order valence-electron chi connectivity index (χ3n) is 3.12. The molecule has 0 aliphatic carbocycles. The smallest absolute Gasteiger partial charge is 0.335 e. The van der Waals surface area contributed by atoms with E-state index in [0.717, 1.165) is 23.3 Å². The van der Waals surface area contributed by atoms with Crippen molar-refractivity contribution in [2.24, 2.45) is 0 Å². The molecular formula is C20H18N2O4. The second-order valence-corrected chi connectivity index (χ2v) is 5.15. The van der Waals surface area contributed by atoms with Crippen LogP contribution < -0.4 is 11.5 Å². The molecule has 6 heteroatoms. The Morgan fingerprint density at radius 3 is 1.35 bits per heavy atom. The van der Waals surface area contributed by atoms with Crippen molar-refractivity contribution in [2.45, 2.75) is 0 Å². The Morgan fingerprint density at radius 2 is 1.00 bits per heavy atom. The maximum absolute atomic E-state index is 11.5. The lowest BCUT2D eigenvalue weighted by molar-refractivity contribution is -0.135. The maximum atomic E-state index is 11.5. The van der Waals surface area contributed by atoms with Crippen molar-refractivity contribution in [3.05, 3.63) is 84.3 Å². The van der Waals surface area contributed by atoms with Gasteiger partial charge in [0.25, 0.3) is 0 Å². The average Bonchev–Trinajstić information content (AvgIpc) is 2.63. The van der Waals surface area contributed by atoms with E-state index in [9.17, 15) is 9.59 Å². The summed E-state index contributed by atoms with van der Waals surface area (Å²) in [6, 6.07) is 14.0. The van der Waals surface area contributed by atoms with Crippen molar-refractivity contribution in [1.82, 2.24) is 0 Å². The minimum Gasteiger partial charge on any atom is -0.431 e. The Balaban J connectivity index is 1.75. The molecule has 0 heterocycles. The lowest BCUT2D eigenvalue weighted by atomic mass is 10.2. The molecule has 6 nitrogen and oxygen atoms in total. The molecule has 0 radical (unpaired) electrons. The van der Waals surface area contributed by atoms with Crippen LogP contribution in [0.3, 0.4) is 0 Å². The van der Waals surface area contributed by atoms with Gasteiger partial charge in [0.1, 0.15) is 0 Å². The maximum Gasteiger partial charge on any atom is 0.335 e. The monoisotopic (exact) mass is 350 g/mol. The first-order valence-electron chi connectivity index (χ1n) is 7.66. The second kappa shape index (κ2) is 9.48. The number of hydrogen-bond acceptors (Lipinski definition) is 6. The highest BCUT2D eigenvalue weighted by atomic mass is 16.5. The van der Waals surface area contributed by atoms with Gasteiger partial charge in [0.2, 0.25) is 0 Å². The summed E-state index contributed by atoms with van der Waals surface area (Å²) in [5, 5.41) is 0. The van der Waals surface area contributed by atoms with Crippen LogP contribution >= 0.6 is 0 Å². The zero-order valence-electron chi connectivity index (χ0n) is 13.9. The van der Waals surface area contributed by atoms with E-state index in [-0.39, 0.29) is 0 Å². The third-order valence-corrected chi connectivity index (χ3v) is 3.12. The number of benzene rings is 2. The normalized spacial score (nSPS) is 11.2. The number of nitrogen functional groups attached to an aromatic ring is 2. The molecule has 2 aromatic rings. The topological polar surface area (TPSA) is 105 Å². The summed E-state index contributed by atoms with van der Waals surface area (Å²) >= 11 is 0. The molecule has 0 saturated carbocycles. The van der Waals surface area contributed by atoms with Gasteiger partial charge in [-0.3, -0.25) is 0 Å². The predicted molar refractivity (Wildman–Crippen MR) is 101 cm³/mol. The lowest BCUT2D eigenvalue weighted by Gasteiger charge is -1.96. The Labute approximate surface area is 151 Å². The minimum absolute atomic E-state index is 0.644. The first kappa shape index (κ1) is 18.5. The minimum atomic E-state index is -0.698. The number of carbonyl (C=O) groups excluding carboxylic acids is 2. The summed E-state index contributed by atoms with van der Waals surface area (Å²) in [6.45, 7) is 0. The molecule has 0 aromatic heterocycles. The molecule has 0 saturated heterocycles. The number of esters is 2. The van der Waals surface area contributed by atoms with Crippen molar-refractivity contribution < 1.29 is 19.1 Å². The van der Waals surface area contributed by atoms with Gasteiger partial charge in [-0.15, -0.1) is 0 Å². The summed E-state index contributed by atoms with van der Waals surface area (Å²) in [6.07, 6.45) is 7.60. The Bertz CT molecular complexity index is 764. The SMILES string of the molecule is Nc1ccc(C=COC(=O)/C=C\C(=O)OC=Cc2ccc(N)cc2)cc1. The molecule has 0 aliphatic rings. The third kappa shape index (κ3) is 6.76. The van der Waals surface area contributed by atoms with Gasteiger partial charge < -0.3 is 20.9 Å². The molecule has 0 aliphatic heterocycles. The summed E-state index contributed by atoms with van der Waals surface area (Å²) in [5.41, 5.74) is 14.1. The highest BCUT2D eigenvalue weighted by molar-refractivity contribution is 5.92. The first-order chi connectivity index (χ1) is 12.5. The van der Waals surface area contributed by atoms with Gasteiger partial charge in [-0.25, -0.2) is 9.59 Å². The van der Waals surface area contributed by atoms with Gasteiger partial charge in [0, 0.05) is 23.5 Å². The van der Waals surface area contributed by atoms with Crippen LogP contribution in [-0.2, 0) is 19.1 Å². The van der Waals surface area contributed by atoms with E-state index in [1.807, 2.05) is 0 Å². The van der Waals surface area contributed by atoms with Crippen LogP contribution in [0.4, 0.5) is 11.4 Å². The van der Waals surface area contributed by atoms with E-state index >= 15 is 0 Å². The molecule has 2 aromatic carbocycles. The van der Waals surface area contributed by atoms with Gasteiger partial charge in [-0.1, -0.05) is 24.3 Å². The van der Waals surface area contributed by atoms with E-state index in [1.165, 1.54) is 12.5 Å². The largest absolute Gasteiger partial charge is 0.431 e. The van der Waals surface area contributed by atoms with Crippen LogP contribution in [-0.4, -0.2) is 11.9 Å². The van der Waals surface area contributed by atoms with Gasteiger partial charge in [-0.2, -0.15) is 0 Å². The molecule has 2 rings (SSSR count). The molecule has 0 bridgehead atoms. The second-order valence-electron chi connectivity index (χ2n) is 5.15. The Hall–Kier alpha value is -3.80. The number of rotatable bonds is 6. The molecular weight excluding hydrogens is 332 g/mol. The number of carbonyl (C=O) groups is 2. The number of ether oxygens (including phenoxy) is 2. The van der Waals surface area contributed by atoms with Crippen LogP contribution in [0.25, 0.3) is 12.2 Å². The van der Waals surface area contributed by atoms with Crippen molar-refractivity contribution in [3.8, 4) is 0 Å². The van der Waals surface area contributed by atoms with Crippen LogP contribution in [0, 0.1) is 0 Å². The van der Waals surface area contributed by atoms with E-state index < -0.39 is 11.9 Å². The highest BCUT2D eigenvalue weighted by Crippen LogP contribution is 2.08. The summed E-state index contributed by atoms with van der Waals surface area (Å²) in [4.78, 5) is 23.0. The molecule has 0 atom stereocenters. The lowest BCUT2D eigenvalue weighted by Crippen LogP contribution is -1.98. The number of anilines is 2. The molecule has 132 valence electrons. The Morgan fingerprint density at radius 1 is 0.654 bits per heavy atom. The summed E-state index contributed by atoms with van der Waals surface area (Å²) < 4.78 is 9.67. The van der Waals surface area contributed by atoms with Gasteiger partial charge in [-0.05, 0) is 47.5 Å². The van der Waals surface area contributed by atoms with Gasteiger partial charge >= 0.3 is 11.9 Å². The quantitative estimate of drug-likeness (QED) is 0.359. The zero-order valence-corrected chi connectivity index (χ0v) is 13.9. The molecule has 0 amide bonds. The summed E-state index contributed by atoms with van der Waals surface area (Å²) in [7, 11) is 0. The molecule has 0 spiro atoms. The molecule has 0 unspecified atom stereocenters. The number of hydrogen-bond donors (Lipinski definition) is 2. The van der Waals surface area contributed by atoms with E-state index in [2.05, 4.69) is 0 Å². The van der Waals surface area contributed by atoms with E-state index in [4.69, 9.17) is 20.9 Å². The van der Waals surface area contributed by atoms with Crippen molar-refractivity contribution >= 4 is 35.5 Å². The number of nitrogens with two attached hydrogens (primary N) is 2. The fourth-order valence-electron chi connectivity index (χ4n) is 1.79. The predicted octanol–water partition coefficient (Wildman–Crippen LogP) is 3.14. The molecule has 26 heavy (non-hydrogen) atoms. The van der Waals surface area contributed by atoms with E-state index in [1.54, 1.807) is 60.7 Å². The van der Waals surface area contributed by atoms with E-state index in [0.29, 0.717) is 11.4 Å². The van der Waals surface area contributed by atoms with Crippen LogP contribution in [0.1, 0.15) is 11.1 Å². The fourth-order valence-corrected chi connectivity index (χ4v) is 1.79. The standard InChI is InChI=1S/C20H18N2O4/c21-17-5-1-15(2-6-17)11-13-25-19(23)9-10-20(24)26-14-12-16-3-7-18(22)8-4-16/h1-14H,21-22H2/b10-9-,13-11?,14-12?. The van der Waals surface area contributed by atoms with Crippen LogP contribution in [0.2, 0.25) is 0 Å². The van der Waals surface area contributed by atoms with Crippen molar-refractivity contribution in [2.75, 3.05) is 11.5 Å². The molecule has 0 fully saturated rings. The Kier molecular flexibility index (Phi) is 6.76. The molecule has 4 N–H and O–H groups in total. The van der Waals surface area contributed by atoms with Crippen molar-refractivity contribution in [3.63, 3.8) is 0 Å². The first-order valence-corrected chi connectivity index (χ1v) is 7.66. The summed E-state index contributed by atoms with van der Waals surface area (Å²) in [5.74, 6) is -1.40. The fraction of sp³-hybridized carbons (Fsp3) is 0. The average molecular weight is 350 g/mol.